The molecular formula is C15H17N3O. The molecule has 4 heteroatoms. The van der Waals surface area contributed by atoms with E-state index in [0.717, 1.165) is 29.9 Å². The molecule has 1 aliphatic rings. The molecule has 3 rings (SSSR count). The molecule has 0 radical (unpaired) electrons. The lowest BCUT2D eigenvalue weighted by molar-refractivity contribution is -0.117. The number of anilines is 1. The van der Waals surface area contributed by atoms with Crippen molar-refractivity contribution >= 4 is 11.6 Å². The van der Waals surface area contributed by atoms with Crippen molar-refractivity contribution in [2.75, 3.05) is 5.32 Å². The van der Waals surface area contributed by atoms with Crippen LogP contribution in [0.4, 0.5) is 5.69 Å². The maximum Gasteiger partial charge on any atom is 0.232 e. The summed E-state index contributed by atoms with van der Waals surface area (Å²) in [5, 5.41) is 10.00. The number of H-pyrrole nitrogens is 1. The number of fused-ring (bicyclic) bond motifs is 1. The van der Waals surface area contributed by atoms with E-state index >= 15 is 0 Å². The van der Waals surface area contributed by atoms with E-state index in [1.54, 1.807) is 0 Å². The first-order valence-corrected chi connectivity index (χ1v) is 6.57. The molecule has 0 bridgehead atoms. The van der Waals surface area contributed by atoms with E-state index in [1.165, 1.54) is 11.1 Å². The number of hydrogen-bond donors (Lipinski definition) is 2. The first-order valence-electron chi connectivity index (χ1n) is 6.57. The largest absolute Gasteiger partial charge is 0.322 e. The lowest BCUT2D eigenvalue weighted by Crippen LogP contribution is -2.20. The zero-order chi connectivity index (χ0) is 13.4. The molecule has 2 aromatic rings. The van der Waals surface area contributed by atoms with Gasteiger partial charge in [0.1, 0.15) is 0 Å². The van der Waals surface area contributed by atoms with Crippen molar-refractivity contribution in [2.45, 2.75) is 32.6 Å². The summed E-state index contributed by atoms with van der Waals surface area (Å²) in [4.78, 5) is 12.4. The number of amides is 1. The van der Waals surface area contributed by atoms with Gasteiger partial charge in [0.25, 0.3) is 0 Å². The summed E-state index contributed by atoms with van der Waals surface area (Å²) in [7, 11) is 0. The SMILES string of the molecule is Cc1n[nH]c(C)c1NC(=O)C1CCc2ccccc21. The van der Waals surface area contributed by atoms with E-state index in [4.69, 9.17) is 0 Å². The Morgan fingerprint density at radius 3 is 2.89 bits per heavy atom. The smallest absolute Gasteiger partial charge is 0.232 e. The van der Waals surface area contributed by atoms with Gasteiger partial charge in [0, 0.05) is 0 Å². The normalized spacial score (nSPS) is 17.3. The van der Waals surface area contributed by atoms with Gasteiger partial charge in [-0.3, -0.25) is 9.89 Å². The van der Waals surface area contributed by atoms with Crippen LogP contribution in [-0.4, -0.2) is 16.1 Å². The number of nitrogens with zero attached hydrogens (tertiary/aromatic N) is 1. The van der Waals surface area contributed by atoms with E-state index in [0.29, 0.717) is 0 Å². The molecule has 4 nitrogen and oxygen atoms in total. The topological polar surface area (TPSA) is 57.8 Å². The van der Waals surface area contributed by atoms with Gasteiger partial charge < -0.3 is 5.32 Å². The van der Waals surface area contributed by atoms with E-state index < -0.39 is 0 Å². The van der Waals surface area contributed by atoms with E-state index in [-0.39, 0.29) is 11.8 Å². The number of nitrogens with one attached hydrogen (secondary N) is 2. The van der Waals surface area contributed by atoms with Crippen molar-refractivity contribution in [1.29, 1.82) is 0 Å². The molecule has 1 heterocycles. The standard InChI is InChI=1S/C15H17N3O/c1-9-14(10(2)18-17-9)16-15(19)13-8-7-11-5-3-4-6-12(11)13/h3-6,13H,7-8H2,1-2H3,(H,16,19)(H,17,18). The lowest BCUT2D eigenvalue weighted by atomic mass is 10.0. The van der Waals surface area contributed by atoms with Crippen LogP contribution in [0, 0.1) is 13.8 Å². The second kappa shape index (κ2) is 4.53. The van der Waals surface area contributed by atoms with E-state index in [9.17, 15) is 4.79 Å². The minimum absolute atomic E-state index is 0.0371. The Kier molecular flexibility index (Phi) is 2.85. The molecule has 1 aromatic carbocycles. The number of carbonyl (C=O) groups is 1. The van der Waals surface area contributed by atoms with Crippen molar-refractivity contribution in [3.05, 3.63) is 46.8 Å². The third kappa shape index (κ3) is 2.03. The van der Waals surface area contributed by atoms with Crippen molar-refractivity contribution in [3.63, 3.8) is 0 Å². The summed E-state index contributed by atoms with van der Waals surface area (Å²) in [5.41, 5.74) is 5.01. The van der Waals surface area contributed by atoms with Crippen LogP contribution in [0.5, 0.6) is 0 Å². The molecule has 1 aliphatic carbocycles. The molecule has 19 heavy (non-hydrogen) atoms. The van der Waals surface area contributed by atoms with Crippen LogP contribution in [-0.2, 0) is 11.2 Å². The van der Waals surface area contributed by atoms with Crippen LogP contribution in [0.25, 0.3) is 0 Å². The van der Waals surface area contributed by atoms with Crippen molar-refractivity contribution in [3.8, 4) is 0 Å². The highest BCUT2D eigenvalue weighted by Gasteiger charge is 2.28. The van der Waals surface area contributed by atoms with Gasteiger partial charge in [0.2, 0.25) is 5.91 Å². The Morgan fingerprint density at radius 1 is 1.37 bits per heavy atom. The molecule has 0 fully saturated rings. The highest BCUT2D eigenvalue weighted by atomic mass is 16.1. The minimum Gasteiger partial charge on any atom is -0.322 e. The zero-order valence-electron chi connectivity index (χ0n) is 11.2. The highest BCUT2D eigenvalue weighted by Crippen LogP contribution is 2.34. The highest BCUT2D eigenvalue weighted by molar-refractivity contribution is 5.97. The van der Waals surface area contributed by atoms with E-state index in [1.807, 2.05) is 26.0 Å². The fourth-order valence-electron chi connectivity index (χ4n) is 2.77. The van der Waals surface area contributed by atoms with E-state index in [2.05, 4.69) is 27.6 Å². The number of carbonyl (C=O) groups excluding carboxylic acids is 1. The third-order valence-corrected chi connectivity index (χ3v) is 3.83. The fourth-order valence-corrected chi connectivity index (χ4v) is 2.77. The number of rotatable bonds is 2. The summed E-state index contributed by atoms with van der Waals surface area (Å²) in [6, 6.07) is 8.20. The number of hydrogen-bond acceptors (Lipinski definition) is 2. The quantitative estimate of drug-likeness (QED) is 0.866. The van der Waals surface area contributed by atoms with Crippen LogP contribution in [0.15, 0.2) is 24.3 Å². The molecule has 98 valence electrons. The Morgan fingerprint density at radius 2 is 2.16 bits per heavy atom. The van der Waals surface area contributed by atoms with Gasteiger partial charge in [0.05, 0.1) is 23.0 Å². The summed E-state index contributed by atoms with van der Waals surface area (Å²) in [6.45, 7) is 3.81. The van der Waals surface area contributed by atoms with Gasteiger partial charge in [-0.15, -0.1) is 0 Å². The number of aromatic nitrogens is 2. The average molecular weight is 255 g/mol. The van der Waals surface area contributed by atoms with Crippen LogP contribution in [0.2, 0.25) is 0 Å². The van der Waals surface area contributed by atoms with Crippen molar-refractivity contribution < 1.29 is 4.79 Å². The van der Waals surface area contributed by atoms with Gasteiger partial charge >= 0.3 is 0 Å². The number of benzene rings is 1. The monoisotopic (exact) mass is 255 g/mol. The number of aryl methyl sites for hydroxylation is 3. The summed E-state index contributed by atoms with van der Waals surface area (Å²) in [5.74, 6) is 0.0300. The molecule has 1 amide bonds. The molecule has 0 saturated carbocycles. The van der Waals surface area contributed by atoms with Crippen molar-refractivity contribution in [1.82, 2.24) is 10.2 Å². The molecular weight excluding hydrogens is 238 g/mol. The predicted octanol–water partition coefficient (Wildman–Crippen LogP) is 2.70. The molecule has 2 N–H and O–H groups in total. The minimum atomic E-state index is -0.0371. The second-order valence-electron chi connectivity index (χ2n) is 5.09. The molecule has 1 aromatic heterocycles. The maximum absolute atomic E-state index is 12.4. The predicted molar refractivity (Wildman–Crippen MR) is 74.2 cm³/mol. The summed E-state index contributed by atoms with van der Waals surface area (Å²) < 4.78 is 0. The first-order chi connectivity index (χ1) is 9.16. The Labute approximate surface area is 112 Å². The van der Waals surface area contributed by atoms with Crippen LogP contribution in [0.3, 0.4) is 0 Å². The van der Waals surface area contributed by atoms with Crippen LogP contribution < -0.4 is 5.32 Å². The third-order valence-electron chi connectivity index (χ3n) is 3.83. The Bertz CT molecular complexity index is 611. The first kappa shape index (κ1) is 12.0. The second-order valence-corrected chi connectivity index (χ2v) is 5.09. The molecule has 0 saturated heterocycles. The Balaban J connectivity index is 1.83. The Hall–Kier alpha value is -2.10. The number of aromatic amines is 1. The molecule has 0 aliphatic heterocycles. The van der Waals surface area contributed by atoms with Gasteiger partial charge in [-0.2, -0.15) is 5.10 Å². The molecule has 1 atom stereocenters. The van der Waals surface area contributed by atoms with Gasteiger partial charge in [-0.25, -0.2) is 0 Å². The van der Waals surface area contributed by atoms with Crippen molar-refractivity contribution in [2.24, 2.45) is 0 Å². The van der Waals surface area contributed by atoms with Gasteiger partial charge in [-0.1, -0.05) is 24.3 Å². The molecule has 0 spiro atoms. The average Bonchev–Trinajstić information content (AvgIpc) is 2.97. The van der Waals surface area contributed by atoms with Gasteiger partial charge in [0.15, 0.2) is 0 Å². The summed E-state index contributed by atoms with van der Waals surface area (Å²) in [6.07, 6.45) is 1.87. The fraction of sp³-hybridized carbons (Fsp3) is 0.333. The zero-order valence-corrected chi connectivity index (χ0v) is 11.2. The molecule has 1 unspecified atom stereocenters. The summed E-state index contributed by atoms with van der Waals surface area (Å²) >= 11 is 0. The van der Waals surface area contributed by atoms with Crippen LogP contribution >= 0.6 is 0 Å². The maximum atomic E-state index is 12.4. The van der Waals surface area contributed by atoms with Gasteiger partial charge in [-0.05, 0) is 37.8 Å². The lowest BCUT2D eigenvalue weighted by Gasteiger charge is -2.12. The van der Waals surface area contributed by atoms with Crippen LogP contribution in [0.1, 0.15) is 34.9 Å².